The zero-order chi connectivity index (χ0) is 56.5. The van der Waals surface area contributed by atoms with E-state index in [9.17, 15) is 0 Å². The maximum absolute atomic E-state index is 7.56. The van der Waals surface area contributed by atoms with Crippen LogP contribution < -0.4 is 25.9 Å². The smallest absolute Gasteiger partial charge is 0.260 e. The maximum Gasteiger partial charge on any atom is 0.260 e. The van der Waals surface area contributed by atoms with E-state index in [4.69, 9.17) is 9.47 Å². The largest absolute Gasteiger partial charge is 0.458 e. The fraction of sp³-hybridized carbons (Fsp3) is 0.154. The molecule has 17 rings (SSSR count). The summed E-state index contributed by atoms with van der Waals surface area (Å²) < 4.78 is 20.2. The third-order valence-corrected chi connectivity index (χ3v) is 19.3. The predicted molar refractivity (Wildman–Crippen MR) is 352 cm³/mol. The lowest BCUT2D eigenvalue weighted by molar-refractivity contribution is 0.470. The molecule has 0 bridgehead atoms. The third kappa shape index (κ3) is 6.48. The van der Waals surface area contributed by atoms with Crippen LogP contribution in [0.2, 0.25) is 0 Å². The molecule has 4 nitrogen and oxygen atoms in total. The first-order valence-corrected chi connectivity index (χ1v) is 29.5. The Kier molecular flexibility index (Phi) is 9.72. The van der Waals surface area contributed by atoms with Crippen molar-refractivity contribution in [3.05, 3.63) is 218 Å². The summed E-state index contributed by atoms with van der Waals surface area (Å²) in [5.41, 5.74) is 36.0. The molecule has 0 unspecified atom stereocenters. The summed E-state index contributed by atoms with van der Waals surface area (Å²) in [6, 6.07) is 58.7. The fourth-order valence-electron chi connectivity index (χ4n) is 16.7. The van der Waals surface area contributed by atoms with Crippen molar-refractivity contribution in [3.63, 3.8) is 0 Å². The molecular weight excluding hydrogens is 1010 g/mol. The molecule has 0 fully saturated rings. The highest BCUT2D eigenvalue weighted by Gasteiger charge is 2.44. The molecule has 2 aliphatic rings. The van der Waals surface area contributed by atoms with Crippen LogP contribution in [0, 0.1) is 83.1 Å². The molecule has 0 spiro atoms. The Labute approximate surface area is 483 Å². The molecule has 4 aromatic heterocycles. The number of hydrogen-bond acceptors (Lipinski definition) is 2. The molecule has 11 aromatic carbocycles. The van der Waals surface area contributed by atoms with Gasteiger partial charge >= 0.3 is 0 Å². The first kappa shape index (κ1) is 48.4. The van der Waals surface area contributed by atoms with Gasteiger partial charge in [-0.3, -0.25) is 0 Å². The third-order valence-electron chi connectivity index (χ3n) is 19.3. The van der Waals surface area contributed by atoms with E-state index < -0.39 is 0 Å². The average Bonchev–Trinajstić information content (AvgIpc) is 1.64. The minimum atomic E-state index is -0.219. The van der Waals surface area contributed by atoms with Crippen molar-refractivity contribution in [1.82, 2.24) is 8.80 Å². The van der Waals surface area contributed by atoms with Crippen LogP contribution in [0.3, 0.4) is 0 Å². The average molecular weight is 1070 g/mol. The molecule has 5 heteroatoms. The quantitative estimate of drug-likeness (QED) is 0.164. The minimum absolute atomic E-state index is 0.219. The Hall–Kier alpha value is -9.32. The lowest BCUT2D eigenvalue weighted by Gasteiger charge is -2.33. The van der Waals surface area contributed by atoms with Gasteiger partial charge in [-0.2, -0.15) is 0 Å². The zero-order valence-electron chi connectivity index (χ0n) is 49.2. The van der Waals surface area contributed by atoms with Crippen LogP contribution in [0.25, 0.3) is 121 Å². The van der Waals surface area contributed by atoms with Gasteiger partial charge in [-0.05, 0) is 244 Å². The summed E-state index contributed by atoms with van der Waals surface area (Å²) in [6.45, 7) is 26.6. The Morgan fingerprint density at radius 3 is 0.904 bits per heavy atom. The minimum Gasteiger partial charge on any atom is -0.458 e. The molecule has 2 aliphatic heterocycles. The van der Waals surface area contributed by atoms with E-state index >= 15 is 0 Å². The topological polar surface area (TPSA) is 27.3 Å². The highest BCUT2D eigenvalue weighted by Crippen LogP contribution is 2.51. The SMILES string of the molecule is Cc1cc(C)c(-c2ccc3c(c2)c2cc4c(c5c6cc(-c7c(C)cc(C)cc7C)ccc6n3c25)Oc2cccc3c2B4c2cc4c5cc(-c6c(C)cc(C)cc6C)ccc5n5c6ccc(-c7c(C)cc(C)cc7C)cc6c(c2O3)c45)c(C)c1. The fourth-order valence-corrected chi connectivity index (χ4v) is 16.7. The number of ether oxygens (including phenoxy) is 2. The van der Waals surface area contributed by atoms with Crippen LogP contribution in [0.4, 0.5) is 0 Å². The molecule has 0 aliphatic carbocycles. The van der Waals surface area contributed by atoms with Crippen molar-refractivity contribution in [1.29, 1.82) is 0 Å². The standard InChI is InChI=1S/C78H61BN2O2/c1-38-24-42(5)68(43(6)25-38)50-16-20-62-54(32-50)56-36-60-77(72-58-34-52(18-22-64(58)80(62)75(56)72)70-46(9)28-40(3)29-47(70)10)82-66-14-13-15-67-74(66)79(60)61-37-57-55-33-51(69-44(7)26-39(2)27-45(69)8)17-21-63(55)81-65-23-19-53(71-48(11)30-41(4)31-49(71)12)35-59(65)73(76(57)81)78(61)83-67/h13-37H,1-12H3. The highest BCUT2D eigenvalue weighted by molar-refractivity contribution is 6.99. The normalized spacial score (nSPS) is 13.0. The van der Waals surface area contributed by atoms with Crippen LogP contribution in [0.5, 0.6) is 23.0 Å². The van der Waals surface area contributed by atoms with Gasteiger partial charge < -0.3 is 18.3 Å². The van der Waals surface area contributed by atoms with Gasteiger partial charge in [0.2, 0.25) is 0 Å². The maximum atomic E-state index is 7.56. The number of hydrogen-bond donors (Lipinski definition) is 0. The summed E-state index contributed by atoms with van der Waals surface area (Å²) in [5.74, 6) is 3.52. The lowest BCUT2D eigenvalue weighted by Crippen LogP contribution is -2.57. The van der Waals surface area contributed by atoms with E-state index in [1.807, 2.05) is 0 Å². The molecule has 398 valence electrons. The number of rotatable bonds is 4. The van der Waals surface area contributed by atoms with Crippen molar-refractivity contribution < 1.29 is 9.47 Å². The predicted octanol–water partition coefficient (Wildman–Crippen LogP) is 19.1. The summed E-state index contributed by atoms with van der Waals surface area (Å²) in [5, 5.41) is 9.61. The molecule has 15 aromatic rings. The monoisotopic (exact) mass is 1070 g/mol. The van der Waals surface area contributed by atoms with E-state index in [-0.39, 0.29) is 6.71 Å². The molecule has 83 heavy (non-hydrogen) atoms. The van der Waals surface area contributed by atoms with Gasteiger partial charge in [-0.15, -0.1) is 0 Å². The summed E-state index contributed by atoms with van der Waals surface area (Å²) in [6.07, 6.45) is 0. The van der Waals surface area contributed by atoms with Crippen molar-refractivity contribution in [3.8, 4) is 67.5 Å². The van der Waals surface area contributed by atoms with Crippen molar-refractivity contribution in [2.75, 3.05) is 0 Å². The number of aryl methyl sites for hydroxylation is 12. The number of fused-ring (bicyclic) bond motifs is 18. The summed E-state index contributed by atoms with van der Waals surface area (Å²) >= 11 is 0. The first-order chi connectivity index (χ1) is 40.1. The number of nitrogens with zero attached hydrogens (tertiary/aromatic N) is 2. The molecular formula is C78H61BN2O2. The second kappa shape index (κ2) is 16.7. The Morgan fingerprint density at radius 2 is 0.590 bits per heavy atom. The van der Waals surface area contributed by atoms with E-state index in [1.165, 1.54) is 177 Å². The summed E-state index contributed by atoms with van der Waals surface area (Å²) in [7, 11) is 0. The van der Waals surface area contributed by atoms with E-state index in [0.29, 0.717) is 0 Å². The van der Waals surface area contributed by atoms with Crippen LogP contribution in [0.1, 0.15) is 66.8 Å². The van der Waals surface area contributed by atoms with E-state index in [2.05, 4.69) is 244 Å². The van der Waals surface area contributed by atoms with Crippen LogP contribution in [0.15, 0.2) is 152 Å². The van der Waals surface area contributed by atoms with Gasteiger partial charge in [0, 0.05) is 37.8 Å². The summed E-state index contributed by atoms with van der Waals surface area (Å²) in [4.78, 5) is 0. The second-order valence-electron chi connectivity index (χ2n) is 25.1. The Balaban J connectivity index is 1.01. The van der Waals surface area contributed by atoms with Gasteiger partial charge in [0.05, 0.1) is 43.9 Å². The van der Waals surface area contributed by atoms with Crippen LogP contribution in [-0.2, 0) is 0 Å². The van der Waals surface area contributed by atoms with Crippen molar-refractivity contribution >= 4 is 99.3 Å². The van der Waals surface area contributed by atoms with Gasteiger partial charge in [0.1, 0.15) is 23.0 Å². The van der Waals surface area contributed by atoms with Gasteiger partial charge in [0.25, 0.3) is 6.71 Å². The van der Waals surface area contributed by atoms with E-state index in [0.717, 1.165) is 50.2 Å². The zero-order valence-corrected chi connectivity index (χ0v) is 49.2. The van der Waals surface area contributed by atoms with Gasteiger partial charge in [-0.1, -0.05) is 113 Å². The van der Waals surface area contributed by atoms with Crippen molar-refractivity contribution in [2.24, 2.45) is 0 Å². The first-order valence-electron chi connectivity index (χ1n) is 29.5. The lowest BCUT2D eigenvalue weighted by atomic mass is 9.34. The molecule has 0 N–H and O–H groups in total. The van der Waals surface area contributed by atoms with Gasteiger partial charge in [0.15, 0.2) is 0 Å². The molecule has 6 heterocycles. The highest BCUT2D eigenvalue weighted by atomic mass is 16.5. The van der Waals surface area contributed by atoms with Crippen LogP contribution >= 0.6 is 0 Å². The number of aromatic nitrogens is 2. The number of benzene rings is 11. The molecule has 0 saturated carbocycles. The second-order valence-corrected chi connectivity index (χ2v) is 25.1. The van der Waals surface area contributed by atoms with Gasteiger partial charge in [-0.25, -0.2) is 0 Å². The van der Waals surface area contributed by atoms with E-state index in [1.54, 1.807) is 0 Å². The molecule has 0 saturated heterocycles. The van der Waals surface area contributed by atoms with Crippen LogP contribution in [-0.4, -0.2) is 15.5 Å². The molecule has 0 amide bonds. The molecule has 0 radical (unpaired) electrons. The molecule has 0 atom stereocenters. The van der Waals surface area contributed by atoms with Crippen molar-refractivity contribution in [2.45, 2.75) is 83.1 Å². The Bertz CT molecular complexity index is 5050. The Morgan fingerprint density at radius 1 is 0.301 bits per heavy atom.